The molecule has 2 amide bonds. The first-order chi connectivity index (χ1) is 18.9. The lowest BCUT2D eigenvalue weighted by molar-refractivity contribution is -0.139. The fraction of sp³-hybridized carbons (Fsp3) is 0.767. The van der Waals surface area contributed by atoms with Gasteiger partial charge in [0.15, 0.2) is 0 Å². The Morgan fingerprint density at radius 1 is 1.08 bits per heavy atom. The zero-order valence-electron chi connectivity index (χ0n) is 24.0. The number of hydrogen-bond acceptors (Lipinski definition) is 6. The van der Waals surface area contributed by atoms with Gasteiger partial charge in [-0.3, -0.25) is 0 Å². The van der Waals surface area contributed by atoms with Crippen molar-refractivity contribution in [3.05, 3.63) is 23.4 Å². The van der Waals surface area contributed by atoms with Gasteiger partial charge in [-0.1, -0.05) is 6.07 Å². The summed E-state index contributed by atoms with van der Waals surface area (Å²) in [6, 6.07) is 3.82. The first-order valence-corrected chi connectivity index (χ1v) is 15.3. The number of hydrogen-bond donors (Lipinski definition) is 3. The maximum absolute atomic E-state index is 13.2. The summed E-state index contributed by atoms with van der Waals surface area (Å²) in [5, 5.41) is 16.2. The highest BCUT2D eigenvalue weighted by molar-refractivity contribution is 5.83. The van der Waals surface area contributed by atoms with Gasteiger partial charge in [0.1, 0.15) is 11.9 Å². The molecule has 0 spiro atoms. The molecule has 2 fully saturated rings. The molecular formula is C30H49N5O4. The minimum absolute atomic E-state index is 0.158. The minimum atomic E-state index is -0.962. The quantitative estimate of drug-likeness (QED) is 0.265. The molecule has 2 aliphatic carbocycles. The number of aliphatic carboxylic acids is 1. The van der Waals surface area contributed by atoms with E-state index in [1.807, 2.05) is 18.7 Å². The van der Waals surface area contributed by atoms with Gasteiger partial charge in [-0.05, 0) is 109 Å². The maximum atomic E-state index is 13.2. The van der Waals surface area contributed by atoms with Crippen LogP contribution >= 0.6 is 0 Å². The standard InChI is InChI=1S/C30H49N5O4/c1-22(2)39-21-20-34(18-4-3-9-24-15-14-23-8-7-17-31-28(23)32-24)19-16-27(29(36)37)33-30(38)35(25-10-5-11-25)26-12-6-13-26/h14-15,22,25-27H,3-13,16-21H2,1-2H3,(H,31,32)(H,33,38)(H,36,37). The van der Waals surface area contributed by atoms with Gasteiger partial charge in [0, 0.05) is 37.4 Å². The second-order valence-corrected chi connectivity index (χ2v) is 11.8. The van der Waals surface area contributed by atoms with Gasteiger partial charge in [-0.2, -0.15) is 0 Å². The Labute approximate surface area is 234 Å². The van der Waals surface area contributed by atoms with Crippen molar-refractivity contribution in [3.63, 3.8) is 0 Å². The van der Waals surface area contributed by atoms with Crippen LogP contribution in [0.3, 0.4) is 0 Å². The van der Waals surface area contributed by atoms with Gasteiger partial charge < -0.3 is 30.3 Å². The largest absolute Gasteiger partial charge is 0.480 e. The van der Waals surface area contributed by atoms with E-state index in [9.17, 15) is 14.7 Å². The van der Waals surface area contributed by atoms with Crippen LogP contribution in [0.25, 0.3) is 0 Å². The van der Waals surface area contributed by atoms with Crippen molar-refractivity contribution in [3.8, 4) is 0 Å². The minimum Gasteiger partial charge on any atom is -0.480 e. The molecule has 0 aromatic carbocycles. The SMILES string of the molecule is CC(C)OCCN(CCCCc1ccc2c(n1)NCCC2)CCC(NC(=O)N(C1CCC1)C1CCC1)C(=O)O. The molecule has 1 aliphatic heterocycles. The Morgan fingerprint density at radius 3 is 2.46 bits per heavy atom. The third kappa shape index (κ3) is 8.80. The first-order valence-electron chi connectivity index (χ1n) is 15.3. The third-order valence-corrected chi connectivity index (χ3v) is 8.47. The fourth-order valence-corrected chi connectivity index (χ4v) is 5.65. The van der Waals surface area contributed by atoms with Crippen LogP contribution in [0.2, 0.25) is 0 Å². The van der Waals surface area contributed by atoms with E-state index in [1.54, 1.807) is 0 Å². The molecule has 3 aliphatic rings. The second-order valence-electron chi connectivity index (χ2n) is 11.8. The number of carbonyl (C=O) groups is 2. The molecule has 4 rings (SSSR count). The number of carboxylic acid groups (broad SMARTS) is 1. The Balaban J connectivity index is 1.26. The predicted octanol–water partition coefficient (Wildman–Crippen LogP) is 4.45. The zero-order valence-corrected chi connectivity index (χ0v) is 24.0. The van der Waals surface area contributed by atoms with Gasteiger partial charge in [0.25, 0.3) is 0 Å². The lowest BCUT2D eigenvalue weighted by Gasteiger charge is -2.46. The topological polar surface area (TPSA) is 107 Å². The highest BCUT2D eigenvalue weighted by Crippen LogP contribution is 2.33. The van der Waals surface area contributed by atoms with E-state index in [4.69, 9.17) is 9.72 Å². The van der Waals surface area contributed by atoms with Crippen LogP contribution in [0, 0.1) is 0 Å². The lowest BCUT2D eigenvalue weighted by Crippen LogP contribution is -2.58. The Kier molecular flexibility index (Phi) is 11.3. The van der Waals surface area contributed by atoms with E-state index in [0.29, 0.717) is 19.6 Å². The number of pyridine rings is 1. The van der Waals surface area contributed by atoms with Crippen LogP contribution in [0.5, 0.6) is 0 Å². The zero-order chi connectivity index (χ0) is 27.6. The molecule has 9 heteroatoms. The fourth-order valence-electron chi connectivity index (χ4n) is 5.65. The van der Waals surface area contributed by atoms with Crippen molar-refractivity contribution in [1.29, 1.82) is 0 Å². The van der Waals surface area contributed by atoms with E-state index in [1.165, 1.54) is 5.56 Å². The van der Waals surface area contributed by atoms with E-state index in [-0.39, 0.29) is 24.2 Å². The van der Waals surface area contributed by atoms with Crippen molar-refractivity contribution in [2.75, 3.05) is 38.1 Å². The third-order valence-electron chi connectivity index (χ3n) is 8.47. The highest BCUT2D eigenvalue weighted by atomic mass is 16.5. The number of carbonyl (C=O) groups excluding carboxylic acids is 1. The maximum Gasteiger partial charge on any atom is 0.326 e. The average Bonchev–Trinajstić information content (AvgIpc) is 2.85. The summed E-state index contributed by atoms with van der Waals surface area (Å²) in [4.78, 5) is 34.3. The number of carboxylic acids is 1. The van der Waals surface area contributed by atoms with Crippen molar-refractivity contribution in [1.82, 2.24) is 20.1 Å². The van der Waals surface area contributed by atoms with E-state index >= 15 is 0 Å². The molecule has 1 atom stereocenters. The molecule has 0 radical (unpaired) electrons. The van der Waals surface area contributed by atoms with Crippen molar-refractivity contribution >= 4 is 17.8 Å². The molecule has 2 heterocycles. The highest BCUT2D eigenvalue weighted by Gasteiger charge is 2.38. The monoisotopic (exact) mass is 543 g/mol. The summed E-state index contributed by atoms with van der Waals surface area (Å²) in [5.74, 6) is 0.0807. The van der Waals surface area contributed by atoms with Gasteiger partial charge in [-0.15, -0.1) is 0 Å². The van der Waals surface area contributed by atoms with Crippen LogP contribution in [-0.4, -0.2) is 88.9 Å². The van der Waals surface area contributed by atoms with Gasteiger partial charge in [0.05, 0.1) is 12.7 Å². The number of rotatable bonds is 16. The van der Waals surface area contributed by atoms with E-state index in [2.05, 4.69) is 27.7 Å². The van der Waals surface area contributed by atoms with Crippen LogP contribution in [0.1, 0.15) is 89.3 Å². The van der Waals surface area contributed by atoms with Crippen LogP contribution in [0.15, 0.2) is 12.1 Å². The van der Waals surface area contributed by atoms with E-state index in [0.717, 1.165) is 102 Å². The molecule has 3 N–H and O–H groups in total. The first kappa shape index (κ1) is 29.6. The Bertz CT molecular complexity index is 920. The number of aromatic nitrogens is 1. The normalized spacial score (nSPS) is 18.2. The van der Waals surface area contributed by atoms with Crippen molar-refractivity contribution < 1.29 is 19.4 Å². The number of anilines is 1. The number of nitrogens with one attached hydrogen (secondary N) is 2. The summed E-state index contributed by atoms with van der Waals surface area (Å²) in [6.45, 7) is 7.86. The van der Waals surface area contributed by atoms with Crippen LogP contribution in [-0.2, 0) is 22.4 Å². The number of urea groups is 1. The smallest absolute Gasteiger partial charge is 0.326 e. The van der Waals surface area contributed by atoms with Crippen LogP contribution < -0.4 is 10.6 Å². The predicted molar refractivity (Wildman–Crippen MR) is 153 cm³/mol. The summed E-state index contributed by atoms with van der Waals surface area (Å²) >= 11 is 0. The average molecular weight is 544 g/mol. The lowest BCUT2D eigenvalue weighted by atomic mass is 9.85. The van der Waals surface area contributed by atoms with Gasteiger partial charge in [0.2, 0.25) is 0 Å². The number of unbranched alkanes of at least 4 members (excludes halogenated alkanes) is 1. The summed E-state index contributed by atoms with van der Waals surface area (Å²) in [7, 11) is 0. The molecule has 0 saturated heterocycles. The summed E-state index contributed by atoms with van der Waals surface area (Å²) < 4.78 is 5.79. The number of ether oxygens (including phenoxy) is 1. The number of amides is 2. The second kappa shape index (κ2) is 14.8. The van der Waals surface area contributed by atoms with Crippen molar-refractivity contribution in [2.45, 2.75) is 115 Å². The number of fused-ring (bicyclic) bond motifs is 1. The van der Waals surface area contributed by atoms with Crippen LogP contribution in [0.4, 0.5) is 10.6 Å². The molecule has 2 saturated carbocycles. The molecule has 39 heavy (non-hydrogen) atoms. The molecule has 1 aromatic heterocycles. The van der Waals surface area contributed by atoms with Crippen molar-refractivity contribution in [2.24, 2.45) is 0 Å². The molecular weight excluding hydrogens is 494 g/mol. The number of aryl methyl sites for hydroxylation is 2. The molecule has 218 valence electrons. The Hall–Kier alpha value is -2.39. The molecule has 0 bridgehead atoms. The van der Waals surface area contributed by atoms with Gasteiger partial charge >= 0.3 is 12.0 Å². The molecule has 9 nitrogen and oxygen atoms in total. The summed E-state index contributed by atoms with van der Waals surface area (Å²) in [6.07, 6.45) is 12.2. The number of nitrogens with zero attached hydrogens (tertiary/aromatic N) is 3. The van der Waals surface area contributed by atoms with Gasteiger partial charge in [-0.25, -0.2) is 14.6 Å². The summed E-state index contributed by atoms with van der Waals surface area (Å²) in [5.41, 5.74) is 2.43. The molecule has 1 unspecified atom stereocenters. The Morgan fingerprint density at radius 2 is 1.82 bits per heavy atom. The molecule has 1 aromatic rings. The van der Waals surface area contributed by atoms with E-state index < -0.39 is 12.0 Å².